The van der Waals surface area contributed by atoms with Gasteiger partial charge in [0, 0.05) is 17.1 Å². The number of halogens is 2. The molecule has 0 spiro atoms. The molecular formula is C22H22ClFN4O3S. The van der Waals surface area contributed by atoms with Gasteiger partial charge in [-0.25, -0.2) is 9.37 Å². The Morgan fingerprint density at radius 3 is 2.59 bits per heavy atom. The Bertz CT molecular complexity index is 1180. The summed E-state index contributed by atoms with van der Waals surface area (Å²) in [4.78, 5) is 41.8. The van der Waals surface area contributed by atoms with Crippen LogP contribution in [0.25, 0.3) is 10.9 Å². The lowest BCUT2D eigenvalue weighted by molar-refractivity contribution is -0.119. The Labute approximate surface area is 193 Å². The Balaban J connectivity index is 1.70. The average molecular weight is 477 g/mol. The van der Waals surface area contributed by atoms with E-state index in [1.165, 1.54) is 12.1 Å². The lowest BCUT2D eigenvalue weighted by Gasteiger charge is -2.13. The molecular weight excluding hydrogens is 455 g/mol. The third-order valence-electron chi connectivity index (χ3n) is 4.62. The van der Waals surface area contributed by atoms with Crippen LogP contribution in [0.1, 0.15) is 36.5 Å². The van der Waals surface area contributed by atoms with Gasteiger partial charge in [-0.3, -0.25) is 29.8 Å². The largest absolute Gasteiger partial charge is 0.287 e. The summed E-state index contributed by atoms with van der Waals surface area (Å²) in [6, 6.07) is 9.84. The molecule has 1 heterocycles. The molecule has 0 radical (unpaired) electrons. The maximum Gasteiger partial charge on any atom is 0.269 e. The first kappa shape index (κ1) is 23.7. The highest BCUT2D eigenvalue weighted by molar-refractivity contribution is 7.99. The van der Waals surface area contributed by atoms with E-state index >= 15 is 0 Å². The predicted octanol–water partition coefficient (Wildman–Crippen LogP) is 3.93. The molecule has 0 unspecified atom stereocenters. The predicted molar refractivity (Wildman–Crippen MR) is 123 cm³/mol. The Morgan fingerprint density at radius 2 is 1.88 bits per heavy atom. The normalized spacial score (nSPS) is 10.8. The number of benzene rings is 2. The Kier molecular flexibility index (Phi) is 8.24. The van der Waals surface area contributed by atoms with Crippen molar-refractivity contribution in [2.45, 2.75) is 37.9 Å². The Morgan fingerprint density at radius 1 is 1.12 bits per heavy atom. The molecule has 0 bridgehead atoms. The molecule has 32 heavy (non-hydrogen) atoms. The van der Waals surface area contributed by atoms with Crippen molar-refractivity contribution in [3.05, 3.63) is 69.2 Å². The fourth-order valence-electron chi connectivity index (χ4n) is 2.97. The van der Waals surface area contributed by atoms with Crippen LogP contribution in [-0.2, 0) is 11.3 Å². The van der Waals surface area contributed by atoms with E-state index in [1.807, 2.05) is 0 Å². The minimum Gasteiger partial charge on any atom is -0.287 e. The van der Waals surface area contributed by atoms with Crippen molar-refractivity contribution in [3.63, 3.8) is 0 Å². The molecule has 1 aromatic heterocycles. The van der Waals surface area contributed by atoms with E-state index in [-0.39, 0.29) is 16.9 Å². The van der Waals surface area contributed by atoms with Gasteiger partial charge in [0.15, 0.2) is 5.16 Å². The van der Waals surface area contributed by atoms with E-state index in [2.05, 4.69) is 22.8 Å². The summed E-state index contributed by atoms with van der Waals surface area (Å²) in [7, 11) is 0. The fourth-order valence-corrected chi connectivity index (χ4v) is 3.96. The van der Waals surface area contributed by atoms with Crippen LogP contribution in [0.2, 0.25) is 5.02 Å². The molecule has 0 aliphatic carbocycles. The highest BCUT2D eigenvalue weighted by atomic mass is 35.5. The van der Waals surface area contributed by atoms with Crippen molar-refractivity contribution in [1.29, 1.82) is 0 Å². The molecule has 2 N–H and O–H groups in total. The van der Waals surface area contributed by atoms with Crippen molar-refractivity contribution < 1.29 is 14.0 Å². The molecule has 2 aromatic carbocycles. The highest BCUT2D eigenvalue weighted by Crippen LogP contribution is 2.21. The van der Waals surface area contributed by atoms with Crippen LogP contribution in [-0.4, -0.2) is 27.1 Å². The maximum absolute atomic E-state index is 13.0. The summed E-state index contributed by atoms with van der Waals surface area (Å²) >= 11 is 7.14. The van der Waals surface area contributed by atoms with Gasteiger partial charge in [0.25, 0.3) is 11.5 Å². The smallest absolute Gasteiger partial charge is 0.269 e. The molecule has 0 saturated heterocycles. The van der Waals surface area contributed by atoms with Gasteiger partial charge in [0.2, 0.25) is 5.91 Å². The van der Waals surface area contributed by atoms with E-state index in [1.54, 1.807) is 22.8 Å². The zero-order valence-corrected chi connectivity index (χ0v) is 18.9. The number of fused-ring (bicyclic) bond motifs is 1. The van der Waals surface area contributed by atoms with Crippen molar-refractivity contribution in [2.75, 3.05) is 5.75 Å². The third kappa shape index (κ3) is 6.08. The van der Waals surface area contributed by atoms with Gasteiger partial charge in [-0.2, -0.15) is 0 Å². The summed E-state index contributed by atoms with van der Waals surface area (Å²) in [5.41, 5.74) is 5.07. The molecule has 0 fully saturated rings. The second-order valence-electron chi connectivity index (χ2n) is 7.02. The molecule has 0 saturated carbocycles. The number of nitrogens with one attached hydrogen (secondary N) is 2. The van der Waals surface area contributed by atoms with Crippen LogP contribution in [0, 0.1) is 5.82 Å². The first-order chi connectivity index (χ1) is 15.4. The summed E-state index contributed by atoms with van der Waals surface area (Å²) in [6.45, 7) is 2.56. The molecule has 3 aromatic rings. The molecule has 168 valence electrons. The van der Waals surface area contributed by atoms with E-state index < -0.39 is 17.6 Å². The van der Waals surface area contributed by atoms with Crippen LogP contribution < -0.4 is 16.4 Å². The van der Waals surface area contributed by atoms with Crippen molar-refractivity contribution in [2.24, 2.45) is 0 Å². The number of carbonyl (C=O) groups is 2. The van der Waals surface area contributed by atoms with Gasteiger partial charge in [-0.1, -0.05) is 43.1 Å². The fraction of sp³-hybridized carbons (Fsp3) is 0.273. The summed E-state index contributed by atoms with van der Waals surface area (Å²) in [5, 5.41) is 1.33. The summed E-state index contributed by atoms with van der Waals surface area (Å²) in [5.74, 6) is -1.59. The number of nitrogens with zero attached hydrogens (tertiary/aromatic N) is 2. The zero-order valence-electron chi connectivity index (χ0n) is 17.4. The van der Waals surface area contributed by atoms with Gasteiger partial charge >= 0.3 is 0 Å². The van der Waals surface area contributed by atoms with Crippen LogP contribution in [0.15, 0.2) is 52.4 Å². The lowest BCUT2D eigenvalue weighted by atomic mass is 10.2. The second kappa shape index (κ2) is 11.1. The molecule has 3 rings (SSSR count). The van der Waals surface area contributed by atoms with Gasteiger partial charge < -0.3 is 0 Å². The van der Waals surface area contributed by atoms with Crippen LogP contribution in [0.4, 0.5) is 4.39 Å². The second-order valence-corrected chi connectivity index (χ2v) is 8.40. The van der Waals surface area contributed by atoms with Gasteiger partial charge in [0.1, 0.15) is 5.82 Å². The summed E-state index contributed by atoms with van der Waals surface area (Å²) in [6.07, 6.45) is 2.78. The molecule has 0 atom stereocenters. The number of hydrogen-bond acceptors (Lipinski definition) is 5. The first-order valence-electron chi connectivity index (χ1n) is 10.1. The Hall–Kier alpha value is -2.91. The number of hydrogen-bond donors (Lipinski definition) is 2. The van der Waals surface area contributed by atoms with Crippen molar-refractivity contribution >= 4 is 46.1 Å². The zero-order chi connectivity index (χ0) is 23.1. The minimum atomic E-state index is -0.571. The van der Waals surface area contributed by atoms with Crippen molar-refractivity contribution in [1.82, 2.24) is 20.4 Å². The molecule has 0 aliphatic heterocycles. The number of thioether (sulfide) groups is 1. The third-order valence-corrected chi connectivity index (χ3v) is 5.83. The highest BCUT2D eigenvalue weighted by Gasteiger charge is 2.14. The van der Waals surface area contributed by atoms with Crippen LogP contribution in [0.3, 0.4) is 0 Å². The van der Waals surface area contributed by atoms with Gasteiger partial charge in [-0.05, 0) is 48.9 Å². The number of unbranched alkanes of at least 4 members (excludes halogenated alkanes) is 2. The number of aromatic nitrogens is 2. The number of carbonyl (C=O) groups excluding carboxylic acids is 2. The van der Waals surface area contributed by atoms with E-state index in [9.17, 15) is 18.8 Å². The number of amides is 2. The monoisotopic (exact) mass is 476 g/mol. The van der Waals surface area contributed by atoms with Crippen LogP contribution in [0.5, 0.6) is 0 Å². The maximum atomic E-state index is 13.0. The summed E-state index contributed by atoms with van der Waals surface area (Å²) < 4.78 is 14.5. The molecule has 7 nitrogen and oxygen atoms in total. The van der Waals surface area contributed by atoms with E-state index in [4.69, 9.17) is 11.6 Å². The van der Waals surface area contributed by atoms with E-state index in [0.29, 0.717) is 27.6 Å². The minimum absolute atomic E-state index is 0.0734. The van der Waals surface area contributed by atoms with E-state index in [0.717, 1.165) is 43.2 Å². The molecule has 10 heteroatoms. The molecule has 0 aliphatic rings. The van der Waals surface area contributed by atoms with Gasteiger partial charge in [-0.15, -0.1) is 0 Å². The quantitative estimate of drug-likeness (QED) is 0.222. The number of rotatable bonds is 8. The average Bonchev–Trinajstić information content (AvgIpc) is 2.78. The first-order valence-corrected chi connectivity index (χ1v) is 11.4. The topological polar surface area (TPSA) is 93.1 Å². The SMILES string of the molecule is CCCCCn1c(SCC(=O)NNC(=O)c2ccc(F)cc2)nc2cc(Cl)ccc2c1=O. The van der Waals surface area contributed by atoms with Crippen LogP contribution >= 0.6 is 23.4 Å². The number of hydrazine groups is 1. The van der Waals surface area contributed by atoms with Crippen molar-refractivity contribution in [3.8, 4) is 0 Å². The molecule has 2 amide bonds. The standard InChI is InChI=1S/C22H22ClFN4O3S/c1-2-3-4-11-28-21(31)17-10-7-15(23)12-18(17)25-22(28)32-13-19(29)26-27-20(30)14-5-8-16(24)9-6-14/h5-10,12H,2-4,11,13H2,1H3,(H,26,29)(H,27,30). The van der Waals surface area contributed by atoms with Gasteiger partial charge in [0.05, 0.1) is 16.7 Å². The lowest BCUT2D eigenvalue weighted by Crippen LogP contribution is -2.42.